The second kappa shape index (κ2) is 7.88. The van der Waals surface area contributed by atoms with Crippen molar-refractivity contribution < 1.29 is 9.53 Å². The summed E-state index contributed by atoms with van der Waals surface area (Å²) in [6, 6.07) is 21.7. The van der Waals surface area contributed by atoms with Gasteiger partial charge in [-0.2, -0.15) is 0 Å². The van der Waals surface area contributed by atoms with Crippen molar-refractivity contribution in [2.75, 3.05) is 0 Å². The topological polar surface area (TPSA) is 78.1 Å². The molecule has 2 N–H and O–H groups in total. The van der Waals surface area contributed by atoms with Crippen LogP contribution in [0.2, 0.25) is 0 Å². The van der Waals surface area contributed by atoms with Gasteiger partial charge in [-0.3, -0.25) is 9.97 Å². The highest BCUT2D eigenvalue weighted by molar-refractivity contribution is 5.90. The van der Waals surface area contributed by atoms with Crippen LogP contribution in [0.4, 0.5) is 4.79 Å². The third kappa shape index (κ3) is 3.99. The number of nitrogens with two attached hydrogens (primary N) is 1. The van der Waals surface area contributed by atoms with Crippen LogP contribution in [0.15, 0.2) is 79.1 Å². The normalized spacial score (nSPS) is 10.7. The molecule has 0 fully saturated rings. The van der Waals surface area contributed by atoms with Crippen molar-refractivity contribution in [2.24, 2.45) is 5.73 Å². The Kier molecular flexibility index (Phi) is 4.97. The van der Waals surface area contributed by atoms with Gasteiger partial charge in [-0.15, -0.1) is 0 Å². The van der Waals surface area contributed by atoms with E-state index in [1.807, 2.05) is 48.5 Å². The summed E-state index contributed by atoms with van der Waals surface area (Å²) < 4.78 is 5.11. The van der Waals surface area contributed by atoms with Gasteiger partial charge in [0.05, 0.1) is 5.52 Å². The number of primary amides is 1. The van der Waals surface area contributed by atoms with Crippen molar-refractivity contribution in [1.82, 2.24) is 9.97 Å². The van der Waals surface area contributed by atoms with E-state index in [9.17, 15) is 4.79 Å². The van der Waals surface area contributed by atoms with Gasteiger partial charge in [0.2, 0.25) is 0 Å². The molecule has 0 bridgehead atoms. The van der Waals surface area contributed by atoms with Gasteiger partial charge in [0, 0.05) is 29.9 Å². The fourth-order valence-corrected chi connectivity index (χ4v) is 3.07. The minimum absolute atomic E-state index is 0.393. The lowest BCUT2D eigenvalue weighted by atomic mass is 10.0. The van der Waals surface area contributed by atoms with E-state index in [0.29, 0.717) is 5.75 Å². The van der Waals surface area contributed by atoms with Crippen molar-refractivity contribution in [3.05, 3.63) is 96.8 Å². The molecule has 1 amide bonds. The van der Waals surface area contributed by atoms with Crippen LogP contribution in [0.3, 0.4) is 0 Å². The Balaban J connectivity index is 1.63. The molecular weight excluding hydrogens is 350 g/mol. The zero-order valence-electron chi connectivity index (χ0n) is 15.1. The summed E-state index contributed by atoms with van der Waals surface area (Å²) in [5, 5.41) is 0.727. The first-order chi connectivity index (χ1) is 13.7. The van der Waals surface area contributed by atoms with E-state index in [1.54, 1.807) is 18.5 Å². The molecule has 2 aromatic carbocycles. The Hall–Kier alpha value is -3.73. The average molecular weight is 368 g/mol. The van der Waals surface area contributed by atoms with E-state index < -0.39 is 6.09 Å². The standard InChI is InChI=1S/C23H18N3O2/c24-23(27)28-22-11-13-26-21-9-7-17(15-20(21)22)18-10-12-25-19(14-18)8-6-16-4-2-1-3-5-16/h1-5,7-15H,6H2,(H2,24,27). The van der Waals surface area contributed by atoms with Crippen LogP contribution in [-0.2, 0) is 6.42 Å². The highest BCUT2D eigenvalue weighted by Gasteiger charge is 2.09. The second-order valence-electron chi connectivity index (χ2n) is 6.33. The number of hydrogen-bond donors (Lipinski definition) is 1. The summed E-state index contributed by atoms with van der Waals surface area (Å²) >= 11 is 0. The van der Waals surface area contributed by atoms with E-state index in [1.165, 1.54) is 5.56 Å². The summed E-state index contributed by atoms with van der Waals surface area (Å²) in [6.45, 7) is 0. The number of rotatable bonds is 5. The molecule has 1 radical (unpaired) electrons. The van der Waals surface area contributed by atoms with Crippen molar-refractivity contribution in [2.45, 2.75) is 6.42 Å². The minimum Gasteiger partial charge on any atom is -0.410 e. The Morgan fingerprint density at radius 2 is 1.71 bits per heavy atom. The molecule has 5 heteroatoms. The molecule has 4 rings (SSSR count). The van der Waals surface area contributed by atoms with Gasteiger partial charge in [-0.25, -0.2) is 4.79 Å². The molecule has 137 valence electrons. The molecule has 0 aliphatic heterocycles. The zero-order chi connectivity index (χ0) is 19.3. The zero-order valence-corrected chi connectivity index (χ0v) is 15.1. The number of nitrogens with zero attached hydrogens (tertiary/aromatic N) is 2. The highest BCUT2D eigenvalue weighted by Crippen LogP contribution is 2.29. The largest absolute Gasteiger partial charge is 0.410 e. The first-order valence-electron chi connectivity index (χ1n) is 8.89. The molecule has 0 spiro atoms. The summed E-state index contributed by atoms with van der Waals surface area (Å²) in [7, 11) is 0. The van der Waals surface area contributed by atoms with E-state index >= 15 is 0 Å². The van der Waals surface area contributed by atoms with Gasteiger partial charge >= 0.3 is 6.09 Å². The number of carbonyl (C=O) groups excluding carboxylic acids is 1. The quantitative estimate of drug-likeness (QED) is 0.560. The number of ether oxygens (including phenoxy) is 1. The molecule has 0 saturated heterocycles. The van der Waals surface area contributed by atoms with Gasteiger partial charge in [0.15, 0.2) is 0 Å². The number of carbonyl (C=O) groups is 1. The van der Waals surface area contributed by atoms with E-state index in [2.05, 4.69) is 28.5 Å². The van der Waals surface area contributed by atoms with Crippen LogP contribution in [0.25, 0.3) is 22.0 Å². The monoisotopic (exact) mass is 368 g/mol. The molecule has 28 heavy (non-hydrogen) atoms. The van der Waals surface area contributed by atoms with Crippen LogP contribution in [-0.4, -0.2) is 16.1 Å². The molecule has 0 atom stereocenters. The molecule has 5 nitrogen and oxygen atoms in total. The van der Waals surface area contributed by atoms with Gasteiger partial charge in [0.25, 0.3) is 0 Å². The lowest BCUT2D eigenvalue weighted by molar-refractivity contribution is 0.211. The summed E-state index contributed by atoms with van der Waals surface area (Å²) in [5.74, 6) is 0.393. The van der Waals surface area contributed by atoms with Crippen LogP contribution in [0.1, 0.15) is 11.3 Å². The van der Waals surface area contributed by atoms with Gasteiger partial charge in [0.1, 0.15) is 5.75 Å². The summed E-state index contributed by atoms with van der Waals surface area (Å²) in [5.41, 5.74) is 10.0. The number of amides is 1. The number of aromatic nitrogens is 2. The fraction of sp³-hybridized carbons (Fsp3) is 0.0435. The van der Waals surface area contributed by atoms with E-state index in [4.69, 9.17) is 10.5 Å². The average Bonchev–Trinajstić information content (AvgIpc) is 2.73. The van der Waals surface area contributed by atoms with Crippen LogP contribution < -0.4 is 10.5 Å². The predicted molar refractivity (Wildman–Crippen MR) is 109 cm³/mol. The minimum atomic E-state index is -0.848. The molecule has 2 aromatic heterocycles. The second-order valence-corrected chi connectivity index (χ2v) is 6.33. The maximum Gasteiger partial charge on any atom is 0.409 e. The van der Waals surface area contributed by atoms with Crippen molar-refractivity contribution >= 4 is 17.0 Å². The third-order valence-corrected chi connectivity index (χ3v) is 4.42. The summed E-state index contributed by atoms with van der Waals surface area (Å²) in [4.78, 5) is 19.9. The molecule has 4 aromatic rings. The Bertz CT molecular complexity index is 1130. The molecular formula is C23H18N3O2. The highest BCUT2D eigenvalue weighted by atomic mass is 16.5. The smallest absolute Gasteiger partial charge is 0.409 e. The van der Waals surface area contributed by atoms with Crippen LogP contribution in [0, 0.1) is 6.42 Å². The number of hydrogen-bond acceptors (Lipinski definition) is 4. The van der Waals surface area contributed by atoms with Crippen molar-refractivity contribution in [3.63, 3.8) is 0 Å². The van der Waals surface area contributed by atoms with Crippen molar-refractivity contribution in [1.29, 1.82) is 0 Å². The Morgan fingerprint density at radius 3 is 2.54 bits per heavy atom. The Labute approximate surface area is 162 Å². The van der Waals surface area contributed by atoms with Gasteiger partial charge < -0.3 is 10.5 Å². The van der Waals surface area contributed by atoms with Gasteiger partial charge in [-0.05, 0) is 53.4 Å². The molecule has 0 aliphatic rings. The Morgan fingerprint density at radius 1 is 0.929 bits per heavy atom. The first-order valence-corrected chi connectivity index (χ1v) is 8.89. The number of benzene rings is 2. The number of fused-ring (bicyclic) bond motifs is 1. The molecule has 0 unspecified atom stereocenters. The molecule has 0 saturated carbocycles. The third-order valence-electron chi connectivity index (χ3n) is 4.42. The predicted octanol–water partition coefficient (Wildman–Crippen LogP) is 4.55. The fourth-order valence-electron chi connectivity index (χ4n) is 3.07. The van der Waals surface area contributed by atoms with E-state index in [0.717, 1.165) is 34.1 Å². The lowest BCUT2D eigenvalue weighted by Crippen LogP contribution is -2.16. The van der Waals surface area contributed by atoms with E-state index in [-0.39, 0.29) is 0 Å². The SMILES string of the molecule is NC(=O)Oc1ccnc2ccc(-c3ccnc([CH]Cc4ccccc4)c3)cc12. The number of pyridine rings is 2. The molecule has 2 heterocycles. The maximum absolute atomic E-state index is 11.2. The van der Waals surface area contributed by atoms with Crippen LogP contribution in [0.5, 0.6) is 5.75 Å². The summed E-state index contributed by atoms with van der Waals surface area (Å²) in [6.07, 6.45) is 5.45. The first kappa shape index (κ1) is 17.7. The van der Waals surface area contributed by atoms with Crippen LogP contribution >= 0.6 is 0 Å². The van der Waals surface area contributed by atoms with Crippen molar-refractivity contribution in [3.8, 4) is 16.9 Å². The molecule has 0 aliphatic carbocycles. The maximum atomic E-state index is 11.2. The van der Waals surface area contributed by atoms with Gasteiger partial charge in [-0.1, -0.05) is 36.4 Å². The lowest BCUT2D eigenvalue weighted by Gasteiger charge is -2.09.